The molecule has 0 radical (unpaired) electrons. The Labute approximate surface area is 110 Å². The van der Waals surface area contributed by atoms with Crippen molar-refractivity contribution in [3.63, 3.8) is 0 Å². The summed E-state index contributed by atoms with van der Waals surface area (Å²) in [7, 11) is 1.63. The summed E-state index contributed by atoms with van der Waals surface area (Å²) < 4.78 is 6.46. The number of carbonyl (C=O) groups is 1. The van der Waals surface area contributed by atoms with E-state index >= 15 is 0 Å². The van der Waals surface area contributed by atoms with Gasteiger partial charge in [-0.3, -0.25) is 9.36 Å². The summed E-state index contributed by atoms with van der Waals surface area (Å²) in [6, 6.07) is 4.53. The minimum absolute atomic E-state index is 0.237. The fourth-order valence-corrected chi connectivity index (χ4v) is 1.89. The lowest BCUT2D eigenvalue weighted by molar-refractivity contribution is -0.117. The fourth-order valence-electron chi connectivity index (χ4n) is 1.89. The van der Waals surface area contributed by atoms with E-state index in [1.54, 1.807) is 25.2 Å². The minimum atomic E-state index is -0.525. The zero-order chi connectivity index (χ0) is 14.0. The van der Waals surface area contributed by atoms with E-state index in [1.807, 2.05) is 6.92 Å². The smallest absolute Gasteiger partial charge is 0.408 e. The van der Waals surface area contributed by atoms with E-state index in [1.165, 1.54) is 4.57 Å². The standard InChI is InChI=1S/C13H17N3O3/c1-3-4-9(14)12(17)15-8-5-6-10-11(7-8)19-13(18)16(10)2/h5-7,9H,3-4,14H2,1-2H3,(H,15,17). The number of aryl methyl sites for hydroxylation is 1. The van der Waals surface area contributed by atoms with Crippen LogP contribution >= 0.6 is 0 Å². The van der Waals surface area contributed by atoms with Gasteiger partial charge in [0, 0.05) is 18.8 Å². The molecule has 0 fully saturated rings. The quantitative estimate of drug-likeness (QED) is 0.867. The maximum absolute atomic E-state index is 11.8. The minimum Gasteiger partial charge on any atom is -0.408 e. The Kier molecular flexibility index (Phi) is 3.71. The van der Waals surface area contributed by atoms with Crippen molar-refractivity contribution in [2.45, 2.75) is 25.8 Å². The maximum atomic E-state index is 11.8. The molecule has 0 bridgehead atoms. The number of rotatable bonds is 4. The van der Waals surface area contributed by atoms with Gasteiger partial charge in [0.15, 0.2) is 5.58 Å². The molecule has 6 heteroatoms. The van der Waals surface area contributed by atoms with E-state index in [0.29, 0.717) is 23.2 Å². The number of nitrogens with one attached hydrogen (secondary N) is 1. The molecule has 0 saturated heterocycles. The largest absolute Gasteiger partial charge is 0.419 e. The number of hydrogen-bond acceptors (Lipinski definition) is 4. The number of nitrogens with two attached hydrogens (primary N) is 1. The average molecular weight is 263 g/mol. The summed E-state index contributed by atoms with van der Waals surface area (Å²) in [6.45, 7) is 1.97. The van der Waals surface area contributed by atoms with Gasteiger partial charge in [-0.05, 0) is 18.6 Å². The average Bonchev–Trinajstić information content (AvgIpc) is 2.65. The first kappa shape index (κ1) is 13.4. The number of nitrogens with zero attached hydrogens (tertiary/aromatic N) is 1. The second-order valence-corrected chi connectivity index (χ2v) is 4.49. The summed E-state index contributed by atoms with van der Waals surface area (Å²) in [4.78, 5) is 23.1. The van der Waals surface area contributed by atoms with E-state index < -0.39 is 11.8 Å². The van der Waals surface area contributed by atoms with Gasteiger partial charge in [-0.1, -0.05) is 13.3 Å². The van der Waals surface area contributed by atoms with Crippen molar-refractivity contribution in [1.29, 1.82) is 0 Å². The lowest BCUT2D eigenvalue weighted by atomic mass is 10.1. The van der Waals surface area contributed by atoms with Crippen molar-refractivity contribution >= 4 is 22.7 Å². The summed E-state index contributed by atoms with van der Waals surface area (Å²) in [6.07, 6.45) is 1.48. The maximum Gasteiger partial charge on any atom is 0.419 e. The fraction of sp³-hybridized carbons (Fsp3) is 0.385. The van der Waals surface area contributed by atoms with E-state index in [9.17, 15) is 9.59 Å². The van der Waals surface area contributed by atoms with Gasteiger partial charge in [0.05, 0.1) is 11.6 Å². The molecule has 19 heavy (non-hydrogen) atoms. The van der Waals surface area contributed by atoms with Crippen LogP contribution in [0.5, 0.6) is 0 Å². The molecule has 0 aliphatic carbocycles. The van der Waals surface area contributed by atoms with Gasteiger partial charge >= 0.3 is 5.76 Å². The lowest BCUT2D eigenvalue weighted by Crippen LogP contribution is -2.35. The normalized spacial score (nSPS) is 12.6. The van der Waals surface area contributed by atoms with Gasteiger partial charge in [0.2, 0.25) is 5.91 Å². The van der Waals surface area contributed by atoms with Crippen LogP contribution in [-0.2, 0) is 11.8 Å². The SMILES string of the molecule is CCCC(N)C(=O)Nc1ccc2c(c1)oc(=O)n2C. The molecule has 1 aromatic heterocycles. The Bertz CT molecular complexity index is 657. The predicted octanol–water partition coefficient (Wildman–Crippen LogP) is 1.20. The molecular weight excluding hydrogens is 246 g/mol. The Morgan fingerprint density at radius 2 is 2.26 bits per heavy atom. The van der Waals surface area contributed by atoms with Crippen LogP contribution < -0.4 is 16.8 Å². The Hall–Kier alpha value is -2.08. The zero-order valence-corrected chi connectivity index (χ0v) is 11.0. The first-order valence-corrected chi connectivity index (χ1v) is 6.19. The Morgan fingerprint density at radius 1 is 1.53 bits per heavy atom. The van der Waals surface area contributed by atoms with Gasteiger partial charge in [-0.15, -0.1) is 0 Å². The molecule has 1 unspecified atom stereocenters. The van der Waals surface area contributed by atoms with Gasteiger partial charge in [0.25, 0.3) is 0 Å². The molecule has 0 saturated carbocycles. The zero-order valence-electron chi connectivity index (χ0n) is 11.0. The molecule has 3 N–H and O–H groups in total. The van der Waals surface area contributed by atoms with Crippen molar-refractivity contribution in [3.05, 3.63) is 28.7 Å². The van der Waals surface area contributed by atoms with Crippen molar-refractivity contribution in [2.75, 3.05) is 5.32 Å². The van der Waals surface area contributed by atoms with Gasteiger partial charge in [-0.25, -0.2) is 4.79 Å². The number of aromatic nitrogens is 1. The molecule has 2 rings (SSSR count). The van der Waals surface area contributed by atoms with Crippen LogP contribution in [0.3, 0.4) is 0 Å². The third kappa shape index (κ3) is 2.68. The van der Waals surface area contributed by atoms with E-state index in [-0.39, 0.29) is 5.91 Å². The topological polar surface area (TPSA) is 90.3 Å². The molecule has 102 valence electrons. The van der Waals surface area contributed by atoms with Crippen molar-refractivity contribution in [3.8, 4) is 0 Å². The lowest BCUT2D eigenvalue weighted by Gasteiger charge is -2.10. The summed E-state index contributed by atoms with van der Waals surface area (Å²) in [5, 5.41) is 2.71. The molecule has 0 spiro atoms. The van der Waals surface area contributed by atoms with Gasteiger partial charge in [0.1, 0.15) is 0 Å². The molecule has 0 aliphatic heterocycles. The second kappa shape index (κ2) is 5.27. The Balaban J connectivity index is 2.22. The van der Waals surface area contributed by atoms with Gasteiger partial charge < -0.3 is 15.5 Å². The highest BCUT2D eigenvalue weighted by Crippen LogP contribution is 2.18. The highest BCUT2D eigenvalue weighted by Gasteiger charge is 2.13. The number of anilines is 1. The van der Waals surface area contributed by atoms with Crippen LogP contribution in [0.4, 0.5) is 5.69 Å². The third-order valence-corrected chi connectivity index (χ3v) is 3.00. The van der Waals surface area contributed by atoms with Crippen LogP contribution in [0.25, 0.3) is 11.1 Å². The highest BCUT2D eigenvalue weighted by molar-refractivity contribution is 5.96. The van der Waals surface area contributed by atoms with Gasteiger partial charge in [-0.2, -0.15) is 0 Å². The number of carbonyl (C=O) groups excluding carboxylic acids is 1. The van der Waals surface area contributed by atoms with Crippen LogP contribution in [0.1, 0.15) is 19.8 Å². The van der Waals surface area contributed by atoms with Crippen molar-refractivity contribution in [2.24, 2.45) is 12.8 Å². The number of oxazole rings is 1. The molecular formula is C13H17N3O3. The van der Waals surface area contributed by atoms with Crippen LogP contribution in [-0.4, -0.2) is 16.5 Å². The monoisotopic (exact) mass is 263 g/mol. The van der Waals surface area contributed by atoms with E-state index in [4.69, 9.17) is 10.2 Å². The molecule has 6 nitrogen and oxygen atoms in total. The molecule has 1 atom stereocenters. The van der Waals surface area contributed by atoms with E-state index in [0.717, 1.165) is 6.42 Å². The van der Waals surface area contributed by atoms with Crippen LogP contribution in [0.2, 0.25) is 0 Å². The number of amides is 1. The number of benzene rings is 1. The van der Waals surface area contributed by atoms with Crippen molar-refractivity contribution in [1.82, 2.24) is 4.57 Å². The summed E-state index contributed by atoms with van der Waals surface area (Å²) in [5.41, 5.74) is 7.42. The van der Waals surface area contributed by atoms with Crippen LogP contribution in [0, 0.1) is 0 Å². The number of fused-ring (bicyclic) bond motifs is 1. The highest BCUT2D eigenvalue weighted by atomic mass is 16.4. The summed E-state index contributed by atoms with van der Waals surface area (Å²) >= 11 is 0. The third-order valence-electron chi connectivity index (χ3n) is 3.00. The second-order valence-electron chi connectivity index (χ2n) is 4.49. The van der Waals surface area contributed by atoms with Crippen molar-refractivity contribution < 1.29 is 9.21 Å². The Morgan fingerprint density at radius 3 is 2.95 bits per heavy atom. The number of hydrogen-bond donors (Lipinski definition) is 2. The summed E-state index contributed by atoms with van der Waals surface area (Å²) in [5.74, 6) is -0.666. The molecule has 1 heterocycles. The molecule has 1 aromatic carbocycles. The van der Waals surface area contributed by atoms with Crippen LogP contribution in [0.15, 0.2) is 27.4 Å². The molecule has 2 aromatic rings. The first-order chi connectivity index (χ1) is 9.02. The predicted molar refractivity (Wildman–Crippen MR) is 73.0 cm³/mol. The van der Waals surface area contributed by atoms with E-state index in [2.05, 4.69) is 5.32 Å². The first-order valence-electron chi connectivity index (χ1n) is 6.19. The molecule has 1 amide bonds. The molecule has 0 aliphatic rings.